The van der Waals surface area contributed by atoms with E-state index in [1.165, 1.54) is 6.26 Å². The van der Waals surface area contributed by atoms with Gasteiger partial charge in [-0.15, -0.1) is 0 Å². The van der Waals surface area contributed by atoms with Crippen molar-refractivity contribution in [2.45, 2.75) is 12.8 Å². The van der Waals surface area contributed by atoms with E-state index in [0.29, 0.717) is 5.75 Å². The van der Waals surface area contributed by atoms with E-state index in [4.69, 9.17) is 4.74 Å². The third kappa shape index (κ3) is 3.67. The lowest BCUT2D eigenvalue weighted by atomic mass is 10.4. The van der Waals surface area contributed by atoms with Crippen LogP contribution in [0.4, 0.5) is 0 Å². The molecule has 4 heteroatoms. The van der Waals surface area contributed by atoms with Gasteiger partial charge in [0.1, 0.15) is 0 Å². The van der Waals surface area contributed by atoms with Crippen LogP contribution in [0.1, 0.15) is 12.8 Å². The Bertz CT molecular complexity index is 218. The second-order valence-corrected chi connectivity index (χ2v) is 4.30. The minimum absolute atomic E-state index is 0.127. The van der Waals surface area contributed by atoms with E-state index in [0.717, 1.165) is 12.8 Å². The molecule has 0 saturated heterocycles. The monoisotopic (exact) mass is 188 g/mol. The molecule has 1 fully saturated rings. The number of hydrogen-bond donors (Lipinski definition) is 0. The molecule has 0 aromatic carbocycles. The highest BCUT2D eigenvalue weighted by molar-refractivity contribution is 7.84. The van der Waals surface area contributed by atoms with Crippen molar-refractivity contribution in [2.24, 2.45) is 5.92 Å². The maximum absolute atomic E-state index is 10.9. The molecule has 0 radical (unpaired) electrons. The van der Waals surface area contributed by atoms with Gasteiger partial charge < -0.3 is 4.74 Å². The molecule has 3 nitrogen and oxygen atoms in total. The van der Waals surface area contributed by atoms with E-state index < -0.39 is 10.8 Å². The van der Waals surface area contributed by atoms with Gasteiger partial charge in [-0.3, -0.25) is 9.00 Å². The molecule has 12 heavy (non-hydrogen) atoms. The summed E-state index contributed by atoms with van der Waals surface area (Å²) in [6.07, 6.45) is 6.45. The van der Waals surface area contributed by atoms with Crippen LogP contribution in [0.25, 0.3) is 0 Å². The normalized spacial score (nSPS) is 19.4. The Morgan fingerprint density at radius 2 is 2.33 bits per heavy atom. The first-order valence-electron chi connectivity index (χ1n) is 3.85. The molecule has 0 amide bonds. The summed E-state index contributed by atoms with van der Waals surface area (Å²) in [6.45, 7) is 0. The van der Waals surface area contributed by atoms with Gasteiger partial charge in [0.15, 0.2) is 0 Å². The Morgan fingerprint density at radius 3 is 2.83 bits per heavy atom. The quantitative estimate of drug-likeness (QED) is 0.485. The molecule has 1 unspecified atom stereocenters. The molecule has 1 rings (SSSR count). The summed E-state index contributed by atoms with van der Waals surface area (Å²) in [7, 11) is -0.853. The number of hydrogen-bond acceptors (Lipinski definition) is 3. The number of rotatable bonds is 4. The van der Waals surface area contributed by atoms with Gasteiger partial charge in [-0.05, 0) is 18.9 Å². The van der Waals surface area contributed by atoms with E-state index in [2.05, 4.69) is 0 Å². The molecular formula is C8H12O3S. The summed E-state index contributed by atoms with van der Waals surface area (Å²) in [6, 6.07) is 0. The summed E-state index contributed by atoms with van der Waals surface area (Å²) in [4.78, 5) is 10.9. The lowest BCUT2D eigenvalue weighted by Gasteiger charge is -1.93. The van der Waals surface area contributed by atoms with Crippen molar-refractivity contribution < 1.29 is 13.7 Å². The zero-order valence-corrected chi connectivity index (χ0v) is 7.80. The van der Waals surface area contributed by atoms with Crippen molar-refractivity contribution in [2.75, 3.05) is 12.0 Å². The van der Waals surface area contributed by atoms with Gasteiger partial charge in [0.05, 0.1) is 12.2 Å². The van der Waals surface area contributed by atoms with Crippen molar-refractivity contribution in [3.05, 3.63) is 12.3 Å². The Hall–Kier alpha value is -0.640. The van der Waals surface area contributed by atoms with Crippen molar-refractivity contribution in [1.82, 2.24) is 0 Å². The highest BCUT2D eigenvalue weighted by Crippen LogP contribution is 2.29. The molecule has 1 aliphatic rings. The molecule has 0 aromatic heterocycles. The molecule has 1 atom stereocenters. The third-order valence-corrected chi connectivity index (χ3v) is 2.18. The van der Waals surface area contributed by atoms with Crippen molar-refractivity contribution in [3.63, 3.8) is 0 Å². The summed E-state index contributed by atoms with van der Waals surface area (Å²) in [5.74, 6) is 0.410. The average molecular weight is 188 g/mol. The highest BCUT2D eigenvalue weighted by Gasteiger charge is 2.30. The smallest absolute Gasteiger partial charge is 0.313 e. The van der Waals surface area contributed by atoms with Crippen LogP contribution in [-0.4, -0.2) is 22.2 Å². The van der Waals surface area contributed by atoms with E-state index in [1.807, 2.05) is 0 Å². The maximum atomic E-state index is 10.9. The Balaban J connectivity index is 2.11. The van der Waals surface area contributed by atoms with Crippen LogP contribution in [0.15, 0.2) is 12.3 Å². The van der Waals surface area contributed by atoms with Crippen molar-refractivity contribution in [1.29, 1.82) is 0 Å². The van der Waals surface area contributed by atoms with Gasteiger partial charge in [-0.25, -0.2) is 0 Å². The molecule has 0 spiro atoms. The van der Waals surface area contributed by atoms with E-state index in [1.54, 1.807) is 12.3 Å². The molecular weight excluding hydrogens is 176 g/mol. The van der Waals surface area contributed by atoms with E-state index >= 15 is 0 Å². The van der Waals surface area contributed by atoms with Gasteiger partial charge in [-0.1, -0.05) is 0 Å². The molecule has 68 valence electrons. The minimum Gasteiger partial charge on any atom is -0.435 e. The molecule has 1 saturated carbocycles. The average Bonchev–Trinajstić information content (AvgIpc) is 2.79. The molecule has 0 aromatic rings. The van der Waals surface area contributed by atoms with Gasteiger partial charge >= 0.3 is 5.97 Å². The lowest BCUT2D eigenvalue weighted by Crippen LogP contribution is -2.01. The maximum Gasteiger partial charge on any atom is 0.313 e. The van der Waals surface area contributed by atoms with Gasteiger partial charge in [0.25, 0.3) is 0 Å². The highest BCUT2D eigenvalue weighted by atomic mass is 32.2. The summed E-state index contributed by atoms with van der Waals surface area (Å²) >= 11 is 0. The third-order valence-electron chi connectivity index (χ3n) is 1.52. The SMILES string of the molecule is CS(=O)C/C=C/OC(=O)C1CC1. The van der Waals surface area contributed by atoms with Crippen LogP contribution in [0, 0.1) is 5.92 Å². The van der Waals surface area contributed by atoms with Crippen LogP contribution in [0.5, 0.6) is 0 Å². The number of carbonyl (C=O) groups excluding carboxylic acids is 1. The van der Waals surface area contributed by atoms with Crippen LogP contribution in [-0.2, 0) is 20.3 Å². The topological polar surface area (TPSA) is 43.4 Å². The number of esters is 1. The van der Waals surface area contributed by atoms with Crippen LogP contribution in [0.2, 0.25) is 0 Å². The van der Waals surface area contributed by atoms with Gasteiger partial charge in [-0.2, -0.15) is 0 Å². The molecule has 0 N–H and O–H groups in total. The van der Waals surface area contributed by atoms with E-state index in [9.17, 15) is 9.00 Å². The van der Waals surface area contributed by atoms with Crippen LogP contribution >= 0.6 is 0 Å². The van der Waals surface area contributed by atoms with Crippen molar-refractivity contribution >= 4 is 16.8 Å². The van der Waals surface area contributed by atoms with Gasteiger partial charge in [0, 0.05) is 22.8 Å². The first-order valence-corrected chi connectivity index (χ1v) is 5.58. The Labute approximate surface area is 74.2 Å². The molecule has 0 aliphatic heterocycles. The van der Waals surface area contributed by atoms with E-state index in [-0.39, 0.29) is 11.9 Å². The summed E-state index contributed by atoms with van der Waals surface area (Å²) in [5.41, 5.74) is 0. The molecule has 1 aliphatic carbocycles. The first-order chi connectivity index (χ1) is 5.70. The second kappa shape index (κ2) is 4.40. The Kier molecular flexibility index (Phi) is 3.47. The zero-order chi connectivity index (χ0) is 8.97. The molecule has 0 bridgehead atoms. The fourth-order valence-corrected chi connectivity index (χ4v) is 1.05. The van der Waals surface area contributed by atoms with Crippen LogP contribution < -0.4 is 0 Å². The Morgan fingerprint density at radius 1 is 1.67 bits per heavy atom. The standard InChI is InChI=1S/C8H12O3S/c1-12(10)6-2-5-11-8(9)7-3-4-7/h2,5,7H,3-4,6H2,1H3/b5-2+. The number of ether oxygens (including phenoxy) is 1. The summed E-state index contributed by atoms with van der Waals surface area (Å²) < 4.78 is 15.3. The predicted octanol–water partition coefficient (Wildman–Crippen LogP) is 0.832. The predicted molar refractivity (Wildman–Crippen MR) is 46.9 cm³/mol. The van der Waals surface area contributed by atoms with Crippen LogP contribution in [0.3, 0.4) is 0 Å². The fourth-order valence-electron chi connectivity index (χ4n) is 0.705. The minimum atomic E-state index is -0.853. The number of carbonyl (C=O) groups is 1. The van der Waals surface area contributed by atoms with Crippen molar-refractivity contribution in [3.8, 4) is 0 Å². The fraction of sp³-hybridized carbons (Fsp3) is 0.625. The molecule has 0 heterocycles. The second-order valence-electron chi connectivity index (χ2n) is 2.82. The first kappa shape index (κ1) is 9.45. The summed E-state index contributed by atoms with van der Waals surface area (Å²) in [5, 5.41) is 0. The zero-order valence-electron chi connectivity index (χ0n) is 6.99. The van der Waals surface area contributed by atoms with Gasteiger partial charge in [0.2, 0.25) is 0 Å². The largest absolute Gasteiger partial charge is 0.435 e. The lowest BCUT2D eigenvalue weighted by molar-refractivity contribution is -0.139.